The van der Waals surface area contributed by atoms with Gasteiger partial charge in [0.1, 0.15) is 5.82 Å². The molecule has 0 bridgehead atoms. The monoisotopic (exact) mass is 275 g/mol. The number of nitrogens with one attached hydrogen (secondary N) is 1. The molecule has 1 N–H and O–H groups in total. The number of anilines is 1. The van der Waals surface area contributed by atoms with Gasteiger partial charge in [0.15, 0.2) is 0 Å². The van der Waals surface area contributed by atoms with Crippen molar-refractivity contribution in [3.63, 3.8) is 0 Å². The zero-order chi connectivity index (χ0) is 13.8. The van der Waals surface area contributed by atoms with Crippen molar-refractivity contribution in [3.8, 4) is 0 Å². The number of rotatable bonds is 4. The van der Waals surface area contributed by atoms with E-state index in [0.29, 0.717) is 11.4 Å². The number of aromatic nitrogens is 1. The van der Waals surface area contributed by atoms with E-state index in [1.165, 1.54) is 0 Å². The number of pyridine rings is 1. The van der Waals surface area contributed by atoms with E-state index in [4.69, 9.17) is 0 Å². The second kappa shape index (κ2) is 5.84. The fraction of sp³-hybridized carbons (Fsp3) is 0.286. The predicted molar refractivity (Wildman–Crippen MR) is 78.8 cm³/mol. The first kappa shape index (κ1) is 13.5. The predicted octanol–water partition coefficient (Wildman–Crippen LogP) is 2.70. The Bertz CT molecular complexity index is 552. The highest BCUT2D eigenvalue weighted by Crippen LogP contribution is 2.20. The van der Waals surface area contributed by atoms with E-state index in [-0.39, 0.29) is 11.9 Å². The van der Waals surface area contributed by atoms with Gasteiger partial charge in [0.2, 0.25) is 0 Å². The van der Waals surface area contributed by atoms with Gasteiger partial charge in [0.25, 0.3) is 5.91 Å². The van der Waals surface area contributed by atoms with Gasteiger partial charge < -0.3 is 10.2 Å². The molecule has 2 rings (SSSR count). The highest BCUT2D eigenvalue weighted by Gasteiger charge is 2.16. The molecule has 2 aromatic heterocycles. The summed E-state index contributed by atoms with van der Waals surface area (Å²) in [6.07, 6.45) is 1.69. The third-order valence-electron chi connectivity index (χ3n) is 2.77. The molecule has 2 heterocycles. The van der Waals surface area contributed by atoms with Gasteiger partial charge in [0, 0.05) is 25.2 Å². The Morgan fingerprint density at radius 3 is 2.79 bits per heavy atom. The zero-order valence-corrected chi connectivity index (χ0v) is 12.1. The van der Waals surface area contributed by atoms with E-state index in [1.54, 1.807) is 29.7 Å². The lowest BCUT2D eigenvalue weighted by Gasteiger charge is -2.17. The largest absolute Gasteiger partial charge is 0.362 e. The lowest BCUT2D eigenvalue weighted by molar-refractivity contribution is 0.0940. The highest BCUT2D eigenvalue weighted by atomic mass is 32.1. The molecule has 0 spiro atoms. The molecule has 0 fully saturated rings. The van der Waals surface area contributed by atoms with Crippen molar-refractivity contribution in [2.75, 3.05) is 19.0 Å². The van der Waals surface area contributed by atoms with Crippen LogP contribution in [0.1, 0.15) is 28.2 Å². The van der Waals surface area contributed by atoms with E-state index in [2.05, 4.69) is 10.3 Å². The first-order valence-corrected chi connectivity index (χ1v) is 6.94. The van der Waals surface area contributed by atoms with Crippen LogP contribution in [-0.2, 0) is 0 Å². The van der Waals surface area contributed by atoms with Gasteiger partial charge in [-0.3, -0.25) is 4.79 Å². The summed E-state index contributed by atoms with van der Waals surface area (Å²) in [5.74, 6) is 0.580. The van der Waals surface area contributed by atoms with Crippen LogP contribution in [0.2, 0.25) is 0 Å². The maximum Gasteiger partial charge on any atom is 0.255 e. The fourth-order valence-electron chi connectivity index (χ4n) is 1.81. The molecule has 0 aliphatic rings. The van der Waals surface area contributed by atoms with E-state index < -0.39 is 0 Å². The van der Waals surface area contributed by atoms with E-state index in [0.717, 1.165) is 4.88 Å². The summed E-state index contributed by atoms with van der Waals surface area (Å²) in [5.41, 5.74) is 0.593. The summed E-state index contributed by atoms with van der Waals surface area (Å²) in [7, 11) is 3.75. The average molecular weight is 275 g/mol. The number of carbonyl (C=O) groups is 1. The van der Waals surface area contributed by atoms with Crippen molar-refractivity contribution < 1.29 is 4.79 Å². The molecule has 100 valence electrons. The molecule has 0 saturated carbocycles. The molecule has 19 heavy (non-hydrogen) atoms. The van der Waals surface area contributed by atoms with E-state index in [9.17, 15) is 4.79 Å². The number of amides is 1. The number of thiophene rings is 1. The fourth-order valence-corrected chi connectivity index (χ4v) is 2.55. The molecule has 1 atom stereocenters. The summed E-state index contributed by atoms with van der Waals surface area (Å²) in [4.78, 5) is 19.5. The first-order valence-electron chi connectivity index (χ1n) is 6.06. The van der Waals surface area contributed by atoms with Crippen LogP contribution in [0.4, 0.5) is 5.82 Å². The molecule has 2 aromatic rings. The molecule has 1 amide bonds. The van der Waals surface area contributed by atoms with Crippen molar-refractivity contribution in [1.29, 1.82) is 0 Å². The van der Waals surface area contributed by atoms with Crippen LogP contribution in [0.3, 0.4) is 0 Å². The van der Waals surface area contributed by atoms with Gasteiger partial charge in [-0.1, -0.05) is 6.07 Å². The molecule has 4 nitrogen and oxygen atoms in total. The van der Waals surface area contributed by atoms with Crippen molar-refractivity contribution >= 4 is 23.1 Å². The molecule has 0 saturated heterocycles. The Labute approximate surface area is 117 Å². The number of hydrogen-bond acceptors (Lipinski definition) is 4. The standard InChI is InChI=1S/C14H17N3OS/c1-10(12-7-5-9-19-12)16-14(18)11-6-4-8-15-13(11)17(2)3/h4-10H,1-3H3,(H,16,18)/t10-/m0/s1. The van der Waals surface area contributed by atoms with Crippen molar-refractivity contribution in [2.45, 2.75) is 13.0 Å². The molecular weight excluding hydrogens is 258 g/mol. The van der Waals surface area contributed by atoms with Gasteiger partial charge in [-0.05, 0) is 30.5 Å². The molecular formula is C14H17N3OS. The topological polar surface area (TPSA) is 45.2 Å². The van der Waals surface area contributed by atoms with Crippen LogP contribution in [0.5, 0.6) is 0 Å². The normalized spacial score (nSPS) is 11.9. The summed E-state index contributed by atoms with van der Waals surface area (Å²) < 4.78 is 0. The minimum absolute atomic E-state index is 0.00252. The summed E-state index contributed by atoms with van der Waals surface area (Å²) in [5, 5.41) is 5.01. The molecule has 5 heteroatoms. The summed E-state index contributed by atoms with van der Waals surface area (Å²) in [6, 6.07) is 7.57. The van der Waals surface area contributed by atoms with E-state index >= 15 is 0 Å². The van der Waals surface area contributed by atoms with Crippen LogP contribution in [-0.4, -0.2) is 25.0 Å². The maximum absolute atomic E-state index is 12.3. The highest BCUT2D eigenvalue weighted by molar-refractivity contribution is 7.10. The third kappa shape index (κ3) is 3.12. The van der Waals surface area contributed by atoms with Crippen LogP contribution < -0.4 is 10.2 Å². The van der Waals surface area contributed by atoms with Crippen molar-refractivity contribution in [1.82, 2.24) is 10.3 Å². The first-order chi connectivity index (χ1) is 9.09. The second-order valence-corrected chi connectivity index (χ2v) is 5.46. The second-order valence-electron chi connectivity index (χ2n) is 4.48. The molecule has 0 radical (unpaired) electrons. The molecule has 0 aliphatic carbocycles. The smallest absolute Gasteiger partial charge is 0.255 e. The Balaban J connectivity index is 2.16. The summed E-state index contributed by atoms with van der Waals surface area (Å²) >= 11 is 1.64. The van der Waals surface area contributed by atoms with Gasteiger partial charge in [-0.25, -0.2) is 4.98 Å². The van der Waals surface area contributed by atoms with Crippen LogP contribution in [0.25, 0.3) is 0 Å². The van der Waals surface area contributed by atoms with Gasteiger partial charge >= 0.3 is 0 Å². The minimum atomic E-state index is -0.0994. The minimum Gasteiger partial charge on any atom is -0.362 e. The Morgan fingerprint density at radius 1 is 1.37 bits per heavy atom. The van der Waals surface area contributed by atoms with E-state index in [1.807, 2.05) is 43.4 Å². The Kier molecular flexibility index (Phi) is 4.16. The Hall–Kier alpha value is -1.88. The number of nitrogens with zero attached hydrogens (tertiary/aromatic N) is 2. The van der Waals surface area contributed by atoms with Crippen LogP contribution >= 0.6 is 11.3 Å². The van der Waals surface area contributed by atoms with Crippen LogP contribution in [0, 0.1) is 0 Å². The molecule has 0 unspecified atom stereocenters. The average Bonchev–Trinajstić information content (AvgIpc) is 2.92. The van der Waals surface area contributed by atoms with Crippen LogP contribution in [0.15, 0.2) is 35.8 Å². The van der Waals surface area contributed by atoms with Crippen molar-refractivity contribution in [2.24, 2.45) is 0 Å². The van der Waals surface area contributed by atoms with Crippen molar-refractivity contribution in [3.05, 3.63) is 46.3 Å². The van der Waals surface area contributed by atoms with Gasteiger partial charge in [-0.2, -0.15) is 0 Å². The van der Waals surface area contributed by atoms with Gasteiger partial charge in [-0.15, -0.1) is 11.3 Å². The number of hydrogen-bond donors (Lipinski definition) is 1. The van der Waals surface area contributed by atoms with Gasteiger partial charge in [0.05, 0.1) is 11.6 Å². The Morgan fingerprint density at radius 2 is 2.16 bits per heavy atom. The third-order valence-corrected chi connectivity index (χ3v) is 3.83. The quantitative estimate of drug-likeness (QED) is 0.933. The maximum atomic E-state index is 12.3. The lowest BCUT2D eigenvalue weighted by Crippen LogP contribution is -2.28. The lowest BCUT2D eigenvalue weighted by atomic mass is 10.2. The molecule has 0 aromatic carbocycles. The summed E-state index contributed by atoms with van der Waals surface area (Å²) in [6.45, 7) is 1.98. The SMILES string of the molecule is C[C@H](NC(=O)c1cccnc1N(C)C)c1cccs1. The number of carbonyl (C=O) groups excluding carboxylic acids is 1. The molecule has 0 aliphatic heterocycles. The zero-order valence-electron chi connectivity index (χ0n) is 11.3.